The minimum atomic E-state index is -0.0618. The predicted molar refractivity (Wildman–Crippen MR) is 86.4 cm³/mol. The van der Waals surface area contributed by atoms with Crippen molar-refractivity contribution in [2.75, 3.05) is 11.9 Å². The van der Waals surface area contributed by atoms with Crippen molar-refractivity contribution in [1.82, 2.24) is 5.32 Å². The minimum Gasteiger partial charge on any atom is -0.352 e. The standard InChI is InChI=1S/C17H26N2O2/c1-4-5-6-7-12-18-17(21)14-8-10-15(11-9-14)19-16(20)13(2)3/h8-11,13H,4-7,12H2,1-3H3,(H,18,21)(H,19,20). The number of anilines is 1. The molecule has 2 N–H and O–H groups in total. The average molecular weight is 290 g/mol. The van der Waals surface area contributed by atoms with E-state index in [2.05, 4.69) is 17.6 Å². The summed E-state index contributed by atoms with van der Waals surface area (Å²) in [6.07, 6.45) is 4.57. The Hall–Kier alpha value is -1.84. The Kier molecular flexibility index (Phi) is 7.51. The molecule has 0 fully saturated rings. The fourth-order valence-corrected chi connectivity index (χ4v) is 1.85. The monoisotopic (exact) mass is 290 g/mol. The number of hydrogen-bond acceptors (Lipinski definition) is 2. The number of hydrogen-bond donors (Lipinski definition) is 2. The lowest BCUT2D eigenvalue weighted by molar-refractivity contribution is -0.118. The Labute approximate surface area is 127 Å². The molecule has 0 aliphatic heterocycles. The highest BCUT2D eigenvalue weighted by Crippen LogP contribution is 2.11. The molecule has 0 unspecified atom stereocenters. The van der Waals surface area contributed by atoms with Crippen LogP contribution in [-0.4, -0.2) is 18.4 Å². The third-order valence-corrected chi connectivity index (χ3v) is 3.25. The molecule has 0 aromatic heterocycles. The highest BCUT2D eigenvalue weighted by Gasteiger charge is 2.08. The van der Waals surface area contributed by atoms with Crippen molar-refractivity contribution in [3.05, 3.63) is 29.8 Å². The van der Waals surface area contributed by atoms with Crippen molar-refractivity contribution in [1.29, 1.82) is 0 Å². The lowest BCUT2D eigenvalue weighted by atomic mass is 10.1. The summed E-state index contributed by atoms with van der Waals surface area (Å²) in [4.78, 5) is 23.5. The fourth-order valence-electron chi connectivity index (χ4n) is 1.85. The number of carbonyl (C=O) groups excluding carboxylic acids is 2. The Morgan fingerprint density at radius 2 is 1.71 bits per heavy atom. The zero-order valence-electron chi connectivity index (χ0n) is 13.2. The smallest absolute Gasteiger partial charge is 0.251 e. The van der Waals surface area contributed by atoms with E-state index < -0.39 is 0 Å². The molecule has 1 rings (SSSR count). The van der Waals surface area contributed by atoms with Crippen molar-refractivity contribution in [3.8, 4) is 0 Å². The quantitative estimate of drug-likeness (QED) is 0.719. The summed E-state index contributed by atoms with van der Waals surface area (Å²) in [6, 6.07) is 6.98. The fraction of sp³-hybridized carbons (Fsp3) is 0.529. The highest BCUT2D eigenvalue weighted by molar-refractivity contribution is 5.96. The van der Waals surface area contributed by atoms with Crippen LogP contribution in [-0.2, 0) is 4.79 Å². The highest BCUT2D eigenvalue weighted by atomic mass is 16.2. The van der Waals surface area contributed by atoms with Gasteiger partial charge in [0.1, 0.15) is 0 Å². The summed E-state index contributed by atoms with van der Waals surface area (Å²) >= 11 is 0. The SMILES string of the molecule is CCCCCCNC(=O)c1ccc(NC(=O)C(C)C)cc1. The Bertz CT molecular complexity index is 452. The van der Waals surface area contributed by atoms with Gasteiger partial charge in [0.25, 0.3) is 5.91 Å². The first-order valence-corrected chi connectivity index (χ1v) is 7.73. The van der Waals surface area contributed by atoms with Crippen LogP contribution in [0.1, 0.15) is 56.8 Å². The second-order valence-corrected chi connectivity index (χ2v) is 5.54. The first-order chi connectivity index (χ1) is 10.0. The molecule has 1 aromatic rings. The molecule has 116 valence electrons. The van der Waals surface area contributed by atoms with E-state index in [1.807, 2.05) is 13.8 Å². The van der Waals surface area contributed by atoms with Crippen LogP contribution in [0.3, 0.4) is 0 Å². The molecule has 0 saturated heterocycles. The average Bonchev–Trinajstić information content (AvgIpc) is 2.47. The van der Waals surface area contributed by atoms with Crippen molar-refractivity contribution >= 4 is 17.5 Å². The molecule has 0 atom stereocenters. The second kappa shape index (κ2) is 9.16. The third-order valence-electron chi connectivity index (χ3n) is 3.25. The molecule has 1 aromatic carbocycles. The Balaban J connectivity index is 2.42. The van der Waals surface area contributed by atoms with E-state index in [1.54, 1.807) is 24.3 Å². The van der Waals surface area contributed by atoms with Crippen LogP contribution in [0.25, 0.3) is 0 Å². The van der Waals surface area contributed by atoms with Gasteiger partial charge in [-0.2, -0.15) is 0 Å². The molecule has 2 amide bonds. The zero-order valence-corrected chi connectivity index (χ0v) is 13.2. The van der Waals surface area contributed by atoms with Gasteiger partial charge in [-0.1, -0.05) is 40.0 Å². The maximum atomic E-state index is 11.9. The van der Waals surface area contributed by atoms with Gasteiger partial charge in [-0.05, 0) is 30.7 Å². The van der Waals surface area contributed by atoms with Crippen LogP contribution in [0.5, 0.6) is 0 Å². The maximum Gasteiger partial charge on any atom is 0.251 e. The molecule has 0 bridgehead atoms. The Morgan fingerprint density at radius 1 is 1.05 bits per heavy atom. The van der Waals surface area contributed by atoms with Gasteiger partial charge in [0, 0.05) is 23.7 Å². The summed E-state index contributed by atoms with van der Waals surface area (Å²) in [7, 11) is 0. The van der Waals surface area contributed by atoms with Crippen LogP contribution in [0, 0.1) is 5.92 Å². The largest absolute Gasteiger partial charge is 0.352 e. The first-order valence-electron chi connectivity index (χ1n) is 7.73. The molecular weight excluding hydrogens is 264 g/mol. The van der Waals surface area contributed by atoms with Gasteiger partial charge in [-0.25, -0.2) is 0 Å². The van der Waals surface area contributed by atoms with E-state index in [0.29, 0.717) is 17.8 Å². The molecule has 4 nitrogen and oxygen atoms in total. The maximum absolute atomic E-state index is 11.9. The molecule has 0 aliphatic rings. The molecule has 4 heteroatoms. The van der Waals surface area contributed by atoms with E-state index in [4.69, 9.17) is 0 Å². The van der Waals surface area contributed by atoms with E-state index in [1.165, 1.54) is 12.8 Å². The lowest BCUT2D eigenvalue weighted by Crippen LogP contribution is -2.24. The number of unbranched alkanes of at least 4 members (excludes halogenated alkanes) is 3. The number of carbonyl (C=O) groups is 2. The predicted octanol–water partition coefficient (Wildman–Crippen LogP) is 3.59. The van der Waals surface area contributed by atoms with Gasteiger partial charge in [0.05, 0.1) is 0 Å². The molecular formula is C17H26N2O2. The molecule has 0 aliphatic carbocycles. The van der Waals surface area contributed by atoms with Crippen LogP contribution < -0.4 is 10.6 Å². The zero-order chi connectivity index (χ0) is 15.7. The van der Waals surface area contributed by atoms with Gasteiger partial charge in [-0.3, -0.25) is 9.59 Å². The van der Waals surface area contributed by atoms with Crippen molar-refractivity contribution in [2.45, 2.75) is 46.5 Å². The van der Waals surface area contributed by atoms with Gasteiger partial charge >= 0.3 is 0 Å². The van der Waals surface area contributed by atoms with Crippen molar-refractivity contribution < 1.29 is 9.59 Å². The van der Waals surface area contributed by atoms with Gasteiger partial charge in [-0.15, -0.1) is 0 Å². The lowest BCUT2D eigenvalue weighted by Gasteiger charge is -2.09. The van der Waals surface area contributed by atoms with E-state index in [0.717, 1.165) is 12.8 Å². The van der Waals surface area contributed by atoms with Crippen molar-refractivity contribution in [2.24, 2.45) is 5.92 Å². The summed E-state index contributed by atoms with van der Waals surface area (Å²) in [5.41, 5.74) is 1.33. The number of nitrogens with one attached hydrogen (secondary N) is 2. The van der Waals surface area contributed by atoms with Gasteiger partial charge in [0.15, 0.2) is 0 Å². The van der Waals surface area contributed by atoms with Crippen LogP contribution in [0.4, 0.5) is 5.69 Å². The van der Waals surface area contributed by atoms with Crippen LogP contribution in [0.2, 0.25) is 0 Å². The summed E-state index contributed by atoms with van der Waals surface area (Å²) < 4.78 is 0. The first kappa shape index (κ1) is 17.2. The van der Waals surface area contributed by atoms with Crippen LogP contribution >= 0.6 is 0 Å². The third kappa shape index (κ3) is 6.43. The minimum absolute atomic E-state index is 0.0249. The number of rotatable bonds is 8. The Morgan fingerprint density at radius 3 is 2.29 bits per heavy atom. The number of benzene rings is 1. The van der Waals surface area contributed by atoms with Crippen LogP contribution in [0.15, 0.2) is 24.3 Å². The summed E-state index contributed by atoms with van der Waals surface area (Å²) in [5.74, 6) is -0.146. The van der Waals surface area contributed by atoms with Gasteiger partial charge in [0.2, 0.25) is 5.91 Å². The topological polar surface area (TPSA) is 58.2 Å². The van der Waals surface area contributed by atoms with Gasteiger partial charge < -0.3 is 10.6 Å². The second-order valence-electron chi connectivity index (χ2n) is 5.54. The van der Waals surface area contributed by atoms with E-state index in [9.17, 15) is 9.59 Å². The van der Waals surface area contributed by atoms with Crippen molar-refractivity contribution in [3.63, 3.8) is 0 Å². The summed E-state index contributed by atoms with van der Waals surface area (Å²) in [5, 5.41) is 5.71. The molecule has 0 spiro atoms. The summed E-state index contributed by atoms with van der Waals surface area (Å²) in [6.45, 7) is 6.56. The molecule has 0 saturated carbocycles. The molecule has 0 radical (unpaired) electrons. The van der Waals surface area contributed by atoms with E-state index in [-0.39, 0.29) is 17.7 Å². The molecule has 21 heavy (non-hydrogen) atoms. The number of amides is 2. The molecule has 0 heterocycles. The normalized spacial score (nSPS) is 10.5. The van der Waals surface area contributed by atoms with E-state index >= 15 is 0 Å².